The van der Waals surface area contributed by atoms with Crippen molar-refractivity contribution in [3.8, 4) is 0 Å². The van der Waals surface area contributed by atoms with E-state index >= 15 is 0 Å². The second-order valence-corrected chi connectivity index (χ2v) is 6.57. The molecule has 0 unspecified atom stereocenters. The Morgan fingerprint density at radius 3 is 2.30 bits per heavy atom. The monoisotopic (exact) mass is 420 g/mol. The van der Waals surface area contributed by atoms with Gasteiger partial charge < -0.3 is 21.3 Å². The number of aromatic nitrogens is 1. The fourth-order valence-electron chi connectivity index (χ4n) is 3.16. The average Bonchev–Trinajstić information content (AvgIpc) is 2.72. The van der Waals surface area contributed by atoms with Gasteiger partial charge in [0.2, 0.25) is 0 Å². The maximum atomic E-state index is 13.6. The molecular formula is C19H19F3N6O2. The van der Waals surface area contributed by atoms with Crippen LogP contribution in [0.1, 0.15) is 26.4 Å². The lowest BCUT2D eigenvalue weighted by molar-refractivity contribution is -0.137. The van der Waals surface area contributed by atoms with E-state index in [9.17, 15) is 22.8 Å². The van der Waals surface area contributed by atoms with Gasteiger partial charge in [-0.25, -0.2) is 0 Å². The Kier molecular flexibility index (Phi) is 5.90. The van der Waals surface area contributed by atoms with Crippen LogP contribution in [0.25, 0.3) is 0 Å². The summed E-state index contributed by atoms with van der Waals surface area (Å²) in [6, 6.07) is 8.16. The highest BCUT2D eigenvalue weighted by Gasteiger charge is 2.36. The van der Waals surface area contributed by atoms with E-state index in [-0.39, 0.29) is 49.0 Å². The third-order valence-corrected chi connectivity index (χ3v) is 4.57. The van der Waals surface area contributed by atoms with Crippen LogP contribution in [0.15, 0.2) is 47.6 Å². The van der Waals surface area contributed by atoms with Crippen LogP contribution in [0.4, 0.5) is 18.9 Å². The highest BCUT2D eigenvalue weighted by Crippen LogP contribution is 2.37. The number of nitrogens with zero attached hydrogens (tertiary/aromatic N) is 4. The molecule has 11 heteroatoms. The molecule has 1 aromatic carbocycles. The first-order valence-corrected chi connectivity index (χ1v) is 8.97. The van der Waals surface area contributed by atoms with Crippen molar-refractivity contribution < 1.29 is 22.8 Å². The molecule has 0 radical (unpaired) electrons. The van der Waals surface area contributed by atoms with Crippen molar-refractivity contribution in [1.82, 2.24) is 9.88 Å². The normalized spacial score (nSPS) is 14.4. The largest absolute Gasteiger partial charge is 0.418 e. The van der Waals surface area contributed by atoms with Gasteiger partial charge >= 0.3 is 6.18 Å². The summed E-state index contributed by atoms with van der Waals surface area (Å²) in [6.07, 6.45) is -3.19. The van der Waals surface area contributed by atoms with Crippen LogP contribution in [-0.2, 0) is 6.18 Å². The summed E-state index contributed by atoms with van der Waals surface area (Å²) in [5.41, 5.74) is 9.20. The maximum absolute atomic E-state index is 13.6. The number of guanidine groups is 1. The van der Waals surface area contributed by atoms with Gasteiger partial charge in [0.25, 0.3) is 11.8 Å². The van der Waals surface area contributed by atoms with E-state index in [1.807, 2.05) is 0 Å². The molecule has 0 bridgehead atoms. The van der Waals surface area contributed by atoms with E-state index in [4.69, 9.17) is 11.5 Å². The van der Waals surface area contributed by atoms with Crippen molar-refractivity contribution >= 4 is 23.5 Å². The molecule has 1 aliphatic heterocycles. The number of piperazine rings is 1. The first-order valence-electron chi connectivity index (χ1n) is 8.97. The highest BCUT2D eigenvalue weighted by molar-refractivity contribution is 6.02. The van der Waals surface area contributed by atoms with Crippen molar-refractivity contribution in [2.45, 2.75) is 6.18 Å². The van der Waals surface area contributed by atoms with Crippen LogP contribution in [0.5, 0.6) is 0 Å². The molecule has 1 fully saturated rings. The number of anilines is 1. The van der Waals surface area contributed by atoms with Gasteiger partial charge in [-0.1, -0.05) is 6.07 Å². The average molecular weight is 420 g/mol. The quantitative estimate of drug-likeness (QED) is 0.574. The van der Waals surface area contributed by atoms with Crippen molar-refractivity contribution in [3.63, 3.8) is 0 Å². The number of hydrogen-bond donors (Lipinski definition) is 2. The standard InChI is InChI=1S/C19H19F3N6O2/c20-19(21,22)13-11-12(16(29)26-18(23)24)4-5-15(13)27-7-9-28(10-8-27)17(30)14-3-1-2-6-25-14/h1-6,11H,7-10H2,(H4,23,24,26,29). The molecule has 4 N–H and O–H groups in total. The predicted octanol–water partition coefficient (Wildman–Crippen LogP) is 1.48. The zero-order valence-electron chi connectivity index (χ0n) is 15.8. The fraction of sp³-hybridized carbons (Fsp3) is 0.263. The summed E-state index contributed by atoms with van der Waals surface area (Å²) in [5, 5.41) is 0. The first kappa shape index (κ1) is 21.1. The van der Waals surface area contributed by atoms with Crippen molar-refractivity contribution in [2.75, 3.05) is 31.1 Å². The van der Waals surface area contributed by atoms with Crippen molar-refractivity contribution in [2.24, 2.45) is 16.5 Å². The summed E-state index contributed by atoms with van der Waals surface area (Å²) in [6.45, 7) is 0.870. The molecule has 1 aliphatic rings. The zero-order valence-corrected chi connectivity index (χ0v) is 15.8. The molecule has 30 heavy (non-hydrogen) atoms. The van der Waals surface area contributed by atoms with E-state index in [1.54, 1.807) is 23.1 Å². The smallest absolute Gasteiger partial charge is 0.370 e. The third kappa shape index (κ3) is 4.67. The van der Waals surface area contributed by atoms with Crippen molar-refractivity contribution in [3.05, 3.63) is 59.4 Å². The van der Waals surface area contributed by atoms with Crippen LogP contribution < -0.4 is 16.4 Å². The van der Waals surface area contributed by atoms with Gasteiger partial charge in [0, 0.05) is 43.6 Å². The van der Waals surface area contributed by atoms with E-state index in [0.717, 1.165) is 6.07 Å². The maximum Gasteiger partial charge on any atom is 0.418 e. The van der Waals surface area contributed by atoms with E-state index in [1.165, 1.54) is 23.2 Å². The van der Waals surface area contributed by atoms with Crippen LogP contribution in [0.2, 0.25) is 0 Å². The summed E-state index contributed by atoms with van der Waals surface area (Å²) >= 11 is 0. The Morgan fingerprint density at radius 1 is 1.03 bits per heavy atom. The minimum Gasteiger partial charge on any atom is -0.370 e. The minimum absolute atomic E-state index is 0.0753. The Hall–Kier alpha value is -3.63. The Bertz CT molecular complexity index is 966. The number of aliphatic imine (C=N–C) groups is 1. The number of benzene rings is 1. The van der Waals surface area contributed by atoms with Crippen LogP contribution >= 0.6 is 0 Å². The number of halogens is 3. The summed E-state index contributed by atoms with van der Waals surface area (Å²) in [5.74, 6) is -1.77. The number of hydrogen-bond acceptors (Lipinski definition) is 4. The Morgan fingerprint density at radius 2 is 1.73 bits per heavy atom. The minimum atomic E-state index is -4.69. The molecule has 0 saturated carbocycles. The van der Waals surface area contributed by atoms with Gasteiger partial charge in [0.15, 0.2) is 5.96 Å². The number of pyridine rings is 1. The van der Waals surface area contributed by atoms with Gasteiger partial charge in [-0.2, -0.15) is 18.2 Å². The molecule has 2 aromatic rings. The third-order valence-electron chi connectivity index (χ3n) is 4.57. The Labute approximate surface area is 170 Å². The lowest BCUT2D eigenvalue weighted by Crippen LogP contribution is -2.49. The fourth-order valence-corrected chi connectivity index (χ4v) is 3.16. The van der Waals surface area contributed by atoms with Crippen LogP contribution in [-0.4, -0.2) is 53.8 Å². The number of rotatable bonds is 3. The predicted molar refractivity (Wildman–Crippen MR) is 104 cm³/mol. The zero-order chi connectivity index (χ0) is 21.9. The second kappa shape index (κ2) is 8.39. The first-order chi connectivity index (χ1) is 14.2. The number of carbonyl (C=O) groups excluding carboxylic acids is 2. The van der Waals surface area contributed by atoms with Gasteiger partial charge in [-0.05, 0) is 30.3 Å². The van der Waals surface area contributed by atoms with Crippen molar-refractivity contribution in [1.29, 1.82) is 0 Å². The second-order valence-electron chi connectivity index (χ2n) is 6.57. The SMILES string of the molecule is NC(N)=NC(=O)c1ccc(N2CCN(C(=O)c3ccccn3)CC2)c(C(F)(F)F)c1. The molecule has 0 aliphatic carbocycles. The number of nitrogens with two attached hydrogens (primary N) is 2. The van der Waals surface area contributed by atoms with Crippen LogP contribution in [0, 0.1) is 0 Å². The van der Waals surface area contributed by atoms with Gasteiger partial charge in [-0.15, -0.1) is 0 Å². The molecule has 1 aromatic heterocycles. The lowest BCUT2D eigenvalue weighted by Gasteiger charge is -2.37. The number of alkyl halides is 3. The lowest BCUT2D eigenvalue weighted by atomic mass is 10.1. The molecule has 0 atom stereocenters. The molecule has 8 nitrogen and oxygen atoms in total. The van der Waals surface area contributed by atoms with Gasteiger partial charge in [0.05, 0.1) is 5.56 Å². The molecular weight excluding hydrogens is 401 g/mol. The molecule has 3 rings (SSSR count). The van der Waals surface area contributed by atoms with Gasteiger partial charge in [0.1, 0.15) is 5.69 Å². The van der Waals surface area contributed by atoms with Gasteiger partial charge in [-0.3, -0.25) is 14.6 Å². The summed E-state index contributed by atoms with van der Waals surface area (Å²) in [4.78, 5) is 34.7. The molecule has 158 valence electrons. The molecule has 2 heterocycles. The molecule has 1 saturated heterocycles. The van der Waals surface area contributed by atoms with E-state index in [0.29, 0.717) is 0 Å². The molecule has 2 amide bonds. The summed E-state index contributed by atoms with van der Waals surface area (Å²) < 4.78 is 40.9. The molecule has 0 spiro atoms. The number of carbonyl (C=O) groups is 2. The van der Waals surface area contributed by atoms with Crippen LogP contribution in [0.3, 0.4) is 0 Å². The Balaban J connectivity index is 1.80. The highest BCUT2D eigenvalue weighted by atomic mass is 19.4. The number of amides is 2. The van der Waals surface area contributed by atoms with E-state index < -0.39 is 23.6 Å². The van der Waals surface area contributed by atoms with E-state index in [2.05, 4.69) is 9.98 Å². The topological polar surface area (TPSA) is 118 Å². The summed E-state index contributed by atoms with van der Waals surface area (Å²) in [7, 11) is 0.